The molecule has 0 aliphatic heterocycles. The summed E-state index contributed by atoms with van der Waals surface area (Å²) in [5.41, 5.74) is 0.398. The highest BCUT2D eigenvalue weighted by Crippen LogP contribution is 2.15. The maximum Gasteiger partial charge on any atom is 0.437 e. The quantitative estimate of drug-likeness (QED) is 0.680. The van der Waals surface area contributed by atoms with E-state index in [-0.39, 0.29) is 5.89 Å². The van der Waals surface area contributed by atoms with Gasteiger partial charge in [0.25, 0.3) is 0 Å². The lowest BCUT2D eigenvalue weighted by atomic mass is 10.2. The average Bonchev–Trinajstić information content (AvgIpc) is 2.99. The van der Waals surface area contributed by atoms with Crippen molar-refractivity contribution in [1.82, 2.24) is 15.1 Å². The van der Waals surface area contributed by atoms with Crippen LogP contribution in [0.25, 0.3) is 11.5 Å². The molecule has 2 aromatic rings. The van der Waals surface area contributed by atoms with Gasteiger partial charge in [0.2, 0.25) is 11.8 Å². The Hall–Kier alpha value is -2.62. The van der Waals surface area contributed by atoms with Gasteiger partial charge in [-0.05, 0) is 42.7 Å². The predicted molar refractivity (Wildman–Crippen MR) is 93.1 cm³/mol. The third-order valence-electron chi connectivity index (χ3n) is 3.42. The first-order chi connectivity index (χ1) is 12.4. The maximum absolute atomic E-state index is 13.0. The highest BCUT2D eigenvalue weighted by molar-refractivity contribution is 7.98. The standard InChI is InChI=1S/C16H18FN3O5S/c1-24-15(22)12(7-8-26-2)18-13(21)9-20-16(23)25-14(19-20)10-3-5-11(17)6-4-10/h3-6,12H,7-9H2,1-2H3,(H,18,21)/t12-/m0/s1. The van der Waals surface area contributed by atoms with Crippen molar-refractivity contribution < 1.29 is 23.1 Å². The first-order valence-electron chi connectivity index (χ1n) is 7.64. The highest BCUT2D eigenvalue weighted by Gasteiger charge is 2.22. The van der Waals surface area contributed by atoms with Gasteiger partial charge >= 0.3 is 11.7 Å². The van der Waals surface area contributed by atoms with Gasteiger partial charge in [-0.15, -0.1) is 5.10 Å². The van der Waals surface area contributed by atoms with Crippen LogP contribution in [0, 0.1) is 5.82 Å². The number of esters is 1. The zero-order chi connectivity index (χ0) is 19.1. The number of carbonyl (C=O) groups excluding carboxylic acids is 2. The van der Waals surface area contributed by atoms with E-state index in [0.29, 0.717) is 17.7 Å². The molecule has 1 aromatic heterocycles. The average molecular weight is 383 g/mol. The number of aromatic nitrogens is 2. The first kappa shape index (κ1) is 19.7. The van der Waals surface area contributed by atoms with Crippen molar-refractivity contribution in [3.05, 3.63) is 40.6 Å². The number of benzene rings is 1. The molecule has 140 valence electrons. The minimum Gasteiger partial charge on any atom is -0.467 e. The molecule has 2 rings (SSSR count). The van der Waals surface area contributed by atoms with Crippen LogP contribution in [-0.4, -0.2) is 46.8 Å². The van der Waals surface area contributed by atoms with Gasteiger partial charge in [0.1, 0.15) is 18.4 Å². The molecule has 1 amide bonds. The molecular formula is C16H18FN3O5S. The number of carbonyl (C=O) groups is 2. The molecule has 8 nitrogen and oxygen atoms in total. The summed E-state index contributed by atoms with van der Waals surface area (Å²) in [7, 11) is 1.23. The first-order valence-corrected chi connectivity index (χ1v) is 9.04. The molecule has 0 radical (unpaired) electrons. The van der Waals surface area contributed by atoms with Crippen LogP contribution in [0.4, 0.5) is 4.39 Å². The second kappa shape index (κ2) is 9.18. The molecule has 0 saturated heterocycles. The fourth-order valence-electron chi connectivity index (χ4n) is 2.12. The molecule has 0 aliphatic carbocycles. The molecule has 0 aliphatic rings. The number of thioether (sulfide) groups is 1. The second-order valence-corrected chi connectivity index (χ2v) is 6.25. The zero-order valence-electron chi connectivity index (χ0n) is 14.2. The molecule has 1 aromatic carbocycles. The van der Waals surface area contributed by atoms with E-state index in [1.165, 1.54) is 43.1 Å². The smallest absolute Gasteiger partial charge is 0.437 e. The van der Waals surface area contributed by atoms with Crippen molar-refractivity contribution in [2.45, 2.75) is 19.0 Å². The van der Waals surface area contributed by atoms with Crippen molar-refractivity contribution in [2.75, 3.05) is 19.1 Å². The number of hydrogen-bond donors (Lipinski definition) is 1. The molecule has 1 heterocycles. The van der Waals surface area contributed by atoms with Gasteiger partial charge in [-0.3, -0.25) is 4.79 Å². The highest BCUT2D eigenvalue weighted by atomic mass is 32.2. The molecule has 0 unspecified atom stereocenters. The predicted octanol–water partition coefficient (Wildman–Crippen LogP) is 1.05. The number of hydrogen-bond acceptors (Lipinski definition) is 7. The Bertz CT molecular complexity index is 818. The van der Waals surface area contributed by atoms with E-state index in [0.717, 1.165) is 4.68 Å². The van der Waals surface area contributed by atoms with Crippen molar-refractivity contribution in [3.63, 3.8) is 0 Å². The third kappa shape index (κ3) is 5.19. The SMILES string of the molecule is COC(=O)[C@H](CCSC)NC(=O)Cn1nc(-c2ccc(F)cc2)oc1=O. The molecule has 0 bridgehead atoms. The van der Waals surface area contributed by atoms with Gasteiger partial charge in [-0.25, -0.2) is 14.0 Å². The summed E-state index contributed by atoms with van der Waals surface area (Å²) in [6.45, 7) is -0.420. The Labute approximate surface area is 152 Å². The van der Waals surface area contributed by atoms with Crippen LogP contribution in [0.5, 0.6) is 0 Å². The van der Waals surface area contributed by atoms with Gasteiger partial charge in [0.15, 0.2) is 0 Å². The van der Waals surface area contributed by atoms with E-state index in [1.807, 2.05) is 6.26 Å². The summed E-state index contributed by atoms with van der Waals surface area (Å²) in [6, 6.07) is 4.40. The minimum atomic E-state index is -0.835. The Morgan fingerprint density at radius 2 is 2.08 bits per heavy atom. The normalized spacial score (nSPS) is 11.8. The van der Waals surface area contributed by atoms with Crippen LogP contribution in [0.1, 0.15) is 6.42 Å². The van der Waals surface area contributed by atoms with Crippen LogP contribution < -0.4 is 11.1 Å². The van der Waals surface area contributed by atoms with Crippen LogP contribution in [0.15, 0.2) is 33.5 Å². The van der Waals surface area contributed by atoms with Crippen molar-refractivity contribution in [3.8, 4) is 11.5 Å². The molecule has 1 N–H and O–H groups in total. The minimum absolute atomic E-state index is 0.0327. The van der Waals surface area contributed by atoms with Crippen molar-refractivity contribution in [1.29, 1.82) is 0 Å². The zero-order valence-corrected chi connectivity index (χ0v) is 15.0. The summed E-state index contributed by atoms with van der Waals surface area (Å²) < 4.78 is 23.4. The van der Waals surface area contributed by atoms with Crippen LogP contribution in [0.3, 0.4) is 0 Å². The number of rotatable bonds is 8. The number of nitrogens with one attached hydrogen (secondary N) is 1. The van der Waals surface area contributed by atoms with Gasteiger partial charge in [-0.1, -0.05) is 0 Å². The largest absolute Gasteiger partial charge is 0.467 e. The Balaban J connectivity index is 2.07. The van der Waals surface area contributed by atoms with Gasteiger partial charge in [-0.2, -0.15) is 16.4 Å². The Morgan fingerprint density at radius 1 is 1.38 bits per heavy atom. The topological polar surface area (TPSA) is 103 Å². The molecule has 26 heavy (non-hydrogen) atoms. The molecule has 0 fully saturated rings. The lowest BCUT2D eigenvalue weighted by Crippen LogP contribution is -2.44. The summed E-state index contributed by atoms with van der Waals surface area (Å²) in [5, 5.41) is 6.43. The second-order valence-electron chi connectivity index (χ2n) is 5.26. The fraction of sp³-hybridized carbons (Fsp3) is 0.375. The van der Waals surface area contributed by atoms with Gasteiger partial charge < -0.3 is 14.5 Å². The van der Waals surface area contributed by atoms with Crippen molar-refractivity contribution >= 4 is 23.6 Å². The summed E-state index contributed by atoms with van der Waals surface area (Å²) in [5.74, 6) is -1.80. The Kier molecular flexibility index (Phi) is 6.96. The van der Waals surface area contributed by atoms with E-state index >= 15 is 0 Å². The molecular weight excluding hydrogens is 365 g/mol. The van der Waals surface area contributed by atoms with Crippen molar-refractivity contribution in [2.24, 2.45) is 0 Å². The molecule has 10 heteroatoms. The number of amides is 1. The molecule has 0 saturated carbocycles. The van der Waals surface area contributed by atoms with Crippen LogP contribution in [-0.2, 0) is 20.9 Å². The van der Waals surface area contributed by atoms with E-state index in [9.17, 15) is 18.8 Å². The lowest BCUT2D eigenvalue weighted by Gasteiger charge is -2.15. The lowest BCUT2D eigenvalue weighted by molar-refractivity contribution is -0.145. The number of nitrogens with zero attached hydrogens (tertiary/aromatic N) is 2. The van der Waals surface area contributed by atoms with E-state index in [4.69, 9.17) is 4.42 Å². The molecule has 0 spiro atoms. The summed E-state index contributed by atoms with van der Waals surface area (Å²) in [4.78, 5) is 35.7. The fourth-order valence-corrected chi connectivity index (χ4v) is 2.59. The van der Waals surface area contributed by atoms with E-state index in [2.05, 4.69) is 15.2 Å². The maximum atomic E-state index is 13.0. The number of halogens is 1. The van der Waals surface area contributed by atoms with Gasteiger partial charge in [0.05, 0.1) is 7.11 Å². The van der Waals surface area contributed by atoms with Gasteiger partial charge in [0, 0.05) is 5.56 Å². The van der Waals surface area contributed by atoms with Crippen LogP contribution in [0.2, 0.25) is 0 Å². The number of ether oxygens (including phenoxy) is 1. The van der Waals surface area contributed by atoms with E-state index in [1.54, 1.807) is 0 Å². The number of methoxy groups -OCH3 is 1. The van der Waals surface area contributed by atoms with E-state index < -0.39 is 36.0 Å². The third-order valence-corrected chi connectivity index (χ3v) is 4.07. The van der Waals surface area contributed by atoms with Crippen LogP contribution >= 0.6 is 11.8 Å². The summed E-state index contributed by atoms with van der Waals surface area (Å²) >= 11 is 1.52. The monoisotopic (exact) mass is 383 g/mol. The summed E-state index contributed by atoms with van der Waals surface area (Å²) in [6.07, 6.45) is 2.27. The molecule has 1 atom stereocenters. The Morgan fingerprint density at radius 3 is 2.69 bits per heavy atom.